The predicted molar refractivity (Wildman–Crippen MR) is 69.5 cm³/mol. The number of aromatic carboxylic acids is 1. The minimum atomic E-state index is -0.823. The largest absolute Gasteiger partial charge is 0.478 e. The Morgan fingerprint density at radius 3 is 1.53 bits per heavy atom. The number of carbonyl (C=O) groups is 1. The zero-order valence-corrected chi connectivity index (χ0v) is 12.8. The summed E-state index contributed by atoms with van der Waals surface area (Å²) in [5.74, 6) is -0.823. The van der Waals surface area contributed by atoms with Gasteiger partial charge in [0, 0.05) is 18.6 Å². The predicted octanol–water partition coefficient (Wildman–Crippen LogP) is 2.58. The molecule has 17 heavy (non-hydrogen) atoms. The molecule has 0 fully saturated rings. The van der Waals surface area contributed by atoms with E-state index in [-0.39, 0.29) is 18.6 Å². The SMILES string of the molecule is CB(C)c1c(C)c(C)c(C(=O)O)c(C)c1C.[V]. The van der Waals surface area contributed by atoms with E-state index in [2.05, 4.69) is 13.6 Å². The first kappa shape index (κ1) is 16.3. The van der Waals surface area contributed by atoms with Gasteiger partial charge in [0.05, 0.1) is 5.56 Å². The first-order chi connectivity index (χ1) is 7.29. The molecule has 0 saturated carbocycles. The third kappa shape index (κ3) is 2.78. The smallest absolute Gasteiger partial charge is 0.336 e. The van der Waals surface area contributed by atoms with Crippen molar-refractivity contribution in [2.45, 2.75) is 41.3 Å². The van der Waals surface area contributed by atoms with Crippen molar-refractivity contribution in [2.75, 3.05) is 0 Å². The van der Waals surface area contributed by atoms with Gasteiger partial charge in [-0.15, -0.1) is 0 Å². The van der Waals surface area contributed by atoms with E-state index in [1.807, 2.05) is 27.7 Å². The van der Waals surface area contributed by atoms with Crippen molar-refractivity contribution in [1.82, 2.24) is 0 Å². The molecule has 1 aromatic rings. The van der Waals surface area contributed by atoms with Gasteiger partial charge in [-0.1, -0.05) is 30.2 Å². The van der Waals surface area contributed by atoms with Gasteiger partial charge in [0.25, 0.3) is 0 Å². The van der Waals surface area contributed by atoms with Crippen molar-refractivity contribution in [2.24, 2.45) is 0 Å². The van der Waals surface area contributed by atoms with E-state index in [0.717, 1.165) is 22.3 Å². The zero-order valence-electron chi connectivity index (χ0n) is 11.4. The zero-order chi connectivity index (χ0) is 12.6. The third-order valence-corrected chi connectivity index (χ3v) is 3.47. The van der Waals surface area contributed by atoms with Crippen LogP contribution in [0.4, 0.5) is 0 Å². The number of benzene rings is 1. The second kappa shape index (κ2) is 5.79. The Morgan fingerprint density at radius 1 is 0.941 bits per heavy atom. The fraction of sp³-hybridized carbons (Fsp3) is 0.462. The third-order valence-electron chi connectivity index (χ3n) is 3.47. The van der Waals surface area contributed by atoms with Crippen molar-refractivity contribution in [3.63, 3.8) is 0 Å². The maximum Gasteiger partial charge on any atom is 0.336 e. The summed E-state index contributed by atoms with van der Waals surface area (Å²) in [7, 11) is 0. The summed E-state index contributed by atoms with van der Waals surface area (Å²) in [6.07, 6.45) is 0. The van der Waals surface area contributed by atoms with Crippen LogP contribution >= 0.6 is 0 Å². The standard InChI is InChI=1S/C13H19BO2.V/c1-7-9(3)12(14(5)6)10(4)8(2)11(7)13(15)16;/h1-6H3,(H,15,16);. The molecule has 0 aliphatic rings. The first-order valence-electron chi connectivity index (χ1n) is 5.62. The number of hydrogen-bond donors (Lipinski definition) is 1. The Kier molecular flexibility index (Phi) is 5.57. The summed E-state index contributed by atoms with van der Waals surface area (Å²) in [5, 5.41) is 9.22. The van der Waals surface area contributed by atoms with Crippen LogP contribution in [0, 0.1) is 27.7 Å². The van der Waals surface area contributed by atoms with E-state index in [1.54, 1.807) is 0 Å². The van der Waals surface area contributed by atoms with Gasteiger partial charge in [-0.3, -0.25) is 0 Å². The molecule has 91 valence electrons. The Bertz CT molecular complexity index is 424. The van der Waals surface area contributed by atoms with Gasteiger partial charge in [-0.05, 0) is 38.8 Å². The van der Waals surface area contributed by atoms with E-state index in [0.29, 0.717) is 12.3 Å². The second-order valence-corrected chi connectivity index (χ2v) is 4.75. The van der Waals surface area contributed by atoms with Crippen LogP contribution in [0.15, 0.2) is 0 Å². The van der Waals surface area contributed by atoms with E-state index < -0.39 is 5.97 Å². The molecule has 1 aromatic carbocycles. The van der Waals surface area contributed by atoms with Crippen LogP contribution in [0.2, 0.25) is 13.6 Å². The van der Waals surface area contributed by atoms with E-state index in [1.165, 1.54) is 5.46 Å². The Hall–Kier alpha value is -0.661. The summed E-state index contributed by atoms with van der Waals surface area (Å²) in [6.45, 7) is 12.6. The number of rotatable bonds is 2. The van der Waals surface area contributed by atoms with E-state index in [9.17, 15) is 9.90 Å². The number of carboxylic acids is 1. The van der Waals surface area contributed by atoms with E-state index >= 15 is 0 Å². The molecule has 1 rings (SSSR count). The fourth-order valence-corrected chi connectivity index (χ4v) is 2.53. The Balaban J connectivity index is 0.00000256. The van der Waals surface area contributed by atoms with Gasteiger partial charge in [0.1, 0.15) is 0 Å². The summed E-state index contributed by atoms with van der Waals surface area (Å²) in [4.78, 5) is 11.2. The molecule has 0 saturated heterocycles. The molecule has 0 aliphatic heterocycles. The fourth-order valence-electron chi connectivity index (χ4n) is 2.53. The average Bonchev–Trinajstić information content (AvgIpc) is 2.14. The maximum absolute atomic E-state index is 11.2. The van der Waals surface area contributed by atoms with Crippen molar-refractivity contribution < 1.29 is 28.5 Å². The maximum atomic E-state index is 11.2. The molecule has 0 bridgehead atoms. The summed E-state index contributed by atoms with van der Waals surface area (Å²) < 4.78 is 0. The topological polar surface area (TPSA) is 37.3 Å². The Labute approximate surface area is 116 Å². The molecule has 2 nitrogen and oxygen atoms in total. The van der Waals surface area contributed by atoms with Crippen molar-refractivity contribution in [3.05, 3.63) is 27.8 Å². The van der Waals surface area contributed by atoms with Crippen molar-refractivity contribution >= 4 is 18.1 Å². The molecule has 0 amide bonds. The average molecular weight is 269 g/mol. The second-order valence-electron chi connectivity index (χ2n) is 4.75. The van der Waals surface area contributed by atoms with Gasteiger partial charge in [0.15, 0.2) is 6.71 Å². The van der Waals surface area contributed by atoms with Crippen molar-refractivity contribution in [1.29, 1.82) is 0 Å². The summed E-state index contributed by atoms with van der Waals surface area (Å²) in [5.41, 5.74) is 5.81. The molecular weight excluding hydrogens is 250 g/mol. The minimum Gasteiger partial charge on any atom is -0.478 e. The molecule has 0 unspecified atom stereocenters. The van der Waals surface area contributed by atoms with Gasteiger partial charge in [-0.2, -0.15) is 0 Å². The van der Waals surface area contributed by atoms with Crippen LogP contribution in [0.5, 0.6) is 0 Å². The number of hydrogen-bond acceptors (Lipinski definition) is 1. The van der Waals surface area contributed by atoms with Gasteiger partial charge < -0.3 is 5.11 Å². The summed E-state index contributed by atoms with van der Waals surface area (Å²) in [6, 6.07) is 0. The van der Waals surface area contributed by atoms with E-state index in [4.69, 9.17) is 0 Å². The molecule has 0 heterocycles. The van der Waals surface area contributed by atoms with Gasteiger partial charge in [0.2, 0.25) is 0 Å². The molecule has 0 spiro atoms. The van der Waals surface area contributed by atoms with Gasteiger partial charge >= 0.3 is 5.97 Å². The van der Waals surface area contributed by atoms with Crippen LogP contribution in [0.1, 0.15) is 32.6 Å². The number of carboxylic acid groups (broad SMARTS) is 1. The quantitative estimate of drug-likeness (QED) is 0.838. The van der Waals surface area contributed by atoms with Crippen LogP contribution in [-0.2, 0) is 18.6 Å². The monoisotopic (exact) mass is 269 g/mol. The normalized spacial score (nSPS) is 9.76. The first-order valence-corrected chi connectivity index (χ1v) is 5.62. The van der Waals surface area contributed by atoms with Crippen LogP contribution in [-0.4, -0.2) is 17.8 Å². The molecule has 0 aliphatic carbocycles. The molecular formula is C13H19BO2V. The minimum absolute atomic E-state index is 0. The summed E-state index contributed by atoms with van der Waals surface area (Å²) >= 11 is 0. The molecule has 1 radical (unpaired) electrons. The van der Waals surface area contributed by atoms with Gasteiger partial charge in [-0.25, -0.2) is 4.79 Å². The Morgan fingerprint density at radius 2 is 1.29 bits per heavy atom. The van der Waals surface area contributed by atoms with Crippen LogP contribution in [0.3, 0.4) is 0 Å². The van der Waals surface area contributed by atoms with Crippen LogP contribution < -0.4 is 5.46 Å². The molecule has 4 heteroatoms. The van der Waals surface area contributed by atoms with Crippen molar-refractivity contribution in [3.8, 4) is 0 Å². The molecule has 0 aromatic heterocycles. The van der Waals surface area contributed by atoms with Crippen LogP contribution in [0.25, 0.3) is 0 Å². The molecule has 1 N–H and O–H groups in total. The molecule has 0 atom stereocenters.